The third-order valence-corrected chi connectivity index (χ3v) is 4.06. The van der Waals surface area contributed by atoms with E-state index in [1.54, 1.807) is 12.4 Å². The van der Waals surface area contributed by atoms with Gasteiger partial charge in [-0.25, -0.2) is 14.8 Å². The molecule has 1 aliphatic rings. The maximum absolute atomic E-state index is 11.0. The molecule has 0 unspecified atom stereocenters. The van der Waals surface area contributed by atoms with Crippen LogP contribution in [-0.2, 0) is 9.47 Å². The van der Waals surface area contributed by atoms with Crippen molar-refractivity contribution in [2.45, 2.75) is 12.5 Å². The van der Waals surface area contributed by atoms with E-state index in [9.17, 15) is 4.79 Å². The Morgan fingerprint density at radius 2 is 2.00 bits per heavy atom. The predicted octanol–water partition coefficient (Wildman–Crippen LogP) is 2.68. The number of carbonyl (C=O) groups is 1. The first-order valence-electron chi connectivity index (χ1n) is 7.86. The second-order valence-electron chi connectivity index (χ2n) is 5.66. The summed E-state index contributed by atoms with van der Waals surface area (Å²) in [5.41, 5.74) is 5.97. The van der Waals surface area contributed by atoms with Crippen molar-refractivity contribution in [3.8, 4) is 17.1 Å². The van der Waals surface area contributed by atoms with Crippen molar-refractivity contribution in [3.05, 3.63) is 41.7 Å². The van der Waals surface area contributed by atoms with E-state index in [0.29, 0.717) is 42.8 Å². The quantitative estimate of drug-likeness (QED) is 0.877. The molecule has 1 aromatic carbocycles. The lowest BCUT2D eigenvalue weighted by Crippen LogP contribution is -2.40. The molecule has 0 spiro atoms. The van der Waals surface area contributed by atoms with E-state index in [4.69, 9.17) is 31.5 Å². The molecule has 1 aliphatic heterocycles. The molecule has 2 atom stereocenters. The number of hydrogen-bond acceptors (Lipinski definition) is 6. The maximum Gasteiger partial charge on any atom is 0.404 e. The highest BCUT2D eigenvalue weighted by atomic mass is 35.5. The van der Waals surface area contributed by atoms with E-state index in [1.807, 2.05) is 24.3 Å². The molecule has 7 nitrogen and oxygen atoms in total. The zero-order valence-corrected chi connectivity index (χ0v) is 14.2. The van der Waals surface area contributed by atoms with Crippen molar-refractivity contribution in [1.82, 2.24) is 9.97 Å². The Bertz CT molecular complexity index is 709. The standard InChI is InChI=1S/C17H18ClN3O4/c18-13-7-20-16(21-8-13)11-1-3-14(4-2-11)24-10-12-9-23-6-5-15(12)25-17(19)22/h1-4,7-8,12,15H,5-6,9-10H2,(H2,19,22)/t12-,15+/m1/s1. The molecule has 8 heteroatoms. The average Bonchev–Trinajstić information content (AvgIpc) is 2.62. The van der Waals surface area contributed by atoms with Crippen LogP contribution in [0.4, 0.5) is 4.79 Å². The van der Waals surface area contributed by atoms with Crippen molar-refractivity contribution in [3.63, 3.8) is 0 Å². The molecule has 0 saturated carbocycles. The molecule has 1 fully saturated rings. The van der Waals surface area contributed by atoms with E-state index < -0.39 is 6.09 Å². The van der Waals surface area contributed by atoms with E-state index in [2.05, 4.69) is 9.97 Å². The van der Waals surface area contributed by atoms with Gasteiger partial charge in [0.05, 0.1) is 30.8 Å². The van der Waals surface area contributed by atoms with Crippen molar-refractivity contribution in [2.75, 3.05) is 19.8 Å². The van der Waals surface area contributed by atoms with Gasteiger partial charge in [0.25, 0.3) is 0 Å². The molecule has 2 heterocycles. The zero-order chi connectivity index (χ0) is 17.6. The Labute approximate surface area is 150 Å². The summed E-state index contributed by atoms with van der Waals surface area (Å²) in [4.78, 5) is 19.3. The molecule has 132 valence electrons. The van der Waals surface area contributed by atoms with Crippen LogP contribution in [0.15, 0.2) is 36.7 Å². The summed E-state index contributed by atoms with van der Waals surface area (Å²) in [5, 5.41) is 0.492. The van der Waals surface area contributed by atoms with Gasteiger partial charge in [-0.3, -0.25) is 0 Å². The number of rotatable bonds is 5. The summed E-state index contributed by atoms with van der Waals surface area (Å²) >= 11 is 5.79. The Morgan fingerprint density at radius 3 is 2.68 bits per heavy atom. The number of ether oxygens (including phenoxy) is 3. The summed E-state index contributed by atoms with van der Waals surface area (Å²) in [6.07, 6.45) is 2.66. The lowest BCUT2D eigenvalue weighted by molar-refractivity contribution is -0.0541. The summed E-state index contributed by atoms with van der Waals surface area (Å²) in [6.45, 7) is 1.38. The first kappa shape index (κ1) is 17.4. The minimum Gasteiger partial charge on any atom is -0.493 e. The first-order chi connectivity index (χ1) is 12.1. The molecule has 1 aromatic heterocycles. The van der Waals surface area contributed by atoms with Crippen LogP contribution in [0, 0.1) is 5.92 Å². The second-order valence-corrected chi connectivity index (χ2v) is 6.10. The summed E-state index contributed by atoms with van der Waals surface area (Å²) in [6, 6.07) is 7.41. The topological polar surface area (TPSA) is 96.6 Å². The Kier molecular flexibility index (Phi) is 5.67. The molecule has 1 saturated heterocycles. The molecule has 3 rings (SSSR count). The molecule has 0 radical (unpaired) electrons. The van der Waals surface area contributed by atoms with Gasteiger partial charge >= 0.3 is 6.09 Å². The van der Waals surface area contributed by atoms with Crippen LogP contribution in [0.1, 0.15) is 6.42 Å². The Hall–Kier alpha value is -2.38. The molecule has 2 N–H and O–H groups in total. The van der Waals surface area contributed by atoms with Crippen molar-refractivity contribution >= 4 is 17.7 Å². The van der Waals surface area contributed by atoms with Crippen LogP contribution >= 0.6 is 11.6 Å². The van der Waals surface area contributed by atoms with Gasteiger partial charge in [0, 0.05) is 24.4 Å². The fourth-order valence-corrected chi connectivity index (χ4v) is 2.70. The summed E-state index contributed by atoms with van der Waals surface area (Å²) < 4.78 is 16.4. The summed E-state index contributed by atoms with van der Waals surface area (Å²) in [5.74, 6) is 1.23. The van der Waals surface area contributed by atoms with Gasteiger partial charge < -0.3 is 19.9 Å². The number of halogens is 1. The fraction of sp³-hybridized carbons (Fsp3) is 0.353. The van der Waals surface area contributed by atoms with Crippen LogP contribution in [0.25, 0.3) is 11.4 Å². The highest BCUT2D eigenvalue weighted by Crippen LogP contribution is 2.23. The number of primary amides is 1. The third kappa shape index (κ3) is 4.80. The van der Waals surface area contributed by atoms with Gasteiger partial charge in [-0.15, -0.1) is 0 Å². The van der Waals surface area contributed by atoms with E-state index in [-0.39, 0.29) is 12.0 Å². The van der Waals surface area contributed by atoms with Crippen LogP contribution in [0.2, 0.25) is 5.02 Å². The monoisotopic (exact) mass is 363 g/mol. The number of nitrogens with zero attached hydrogens (tertiary/aromatic N) is 2. The average molecular weight is 364 g/mol. The van der Waals surface area contributed by atoms with Gasteiger partial charge in [0.1, 0.15) is 11.9 Å². The molecule has 0 bridgehead atoms. The van der Waals surface area contributed by atoms with Crippen molar-refractivity contribution in [1.29, 1.82) is 0 Å². The zero-order valence-electron chi connectivity index (χ0n) is 13.4. The van der Waals surface area contributed by atoms with Crippen LogP contribution in [0.5, 0.6) is 5.75 Å². The van der Waals surface area contributed by atoms with Gasteiger partial charge in [0.15, 0.2) is 5.82 Å². The maximum atomic E-state index is 11.0. The Balaban J connectivity index is 1.59. The number of carbonyl (C=O) groups excluding carboxylic acids is 1. The molecule has 2 aromatic rings. The lowest BCUT2D eigenvalue weighted by atomic mass is 9.99. The fourth-order valence-electron chi connectivity index (χ4n) is 2.60. The second kappa shape index (κ2) is 8.13. The van der Waals surface area contributed by atoms with Crippen molar-refractivity contribution < 1.29 is 19.0 Å². The molecule has 25 heavy (non-hydrogen) atoms. The highest BCUT2D eigenvalue weighted by Gasteiger charge is 2.29. The molecule has 0 aliphatic carbocycles. The van der Waals surface area contributed by atoms with E-state index in [0.717, 1.165) is 5.56 Å². The normalized spacial score (nSPS) is 20.0. The largest absolute Gasteiger partial charge is 0.493 e. The number of amides is 1. The highest BCUT2D eigenvalue weighted by molar-refractivity contribution is 6.30. The number of nitrogens with two attached hydrogens (primary N) is 1. The minimum atomic E-state index is -0.774. The first-order valence-corrected chi connectivity index (χ1v) is 8.24. The molecular weight excluding hydrogens is 346 g/mol. The number of hydrogen-bond donors (Lipinski definition) is 1. The SMILES string of the molecule is NC(=O)O[C@H]1CCOC[C@@H]1COc1ccc(-c2ncc(Cl)cn2)cc1. The van der Waals surface area contributed by atoms with E-state index in [1.165, 1.54) is 0 Å². The van der Waals surface area contributed by atoms with Gasteiger partial charge in [-0.2, -0.15) is 0 Å². The van der Waals surface area contributed by atoms with Crippen LogP contribution in [0.3, 0.4) is 0 Å². The van der Waals surface area contributed by atoms with Crippen LogP contribution in [-0.4, -0.2) is 42.0 Å². The van der Waals surface area contributed by atoms with Crippen molar-refractivity contribution in [2.24, 2.45) is 11.7 Å². The molecular formula is C17H18ClN3O4. The minimum absolute atomic E-state index is 0.0551. The van der Waals surface area contributed by atoms with Gasteiger partial charge in [0.2, 0.25) is 0 Å². The van der Waals surface area contributed by atoms with Crippen LogP contribution < -0.4 is 10.5 Å². The van der Waals surface area contributed by atoms with Gasteiger partial charge in [-0.1, -0.05) is 11.6 Å². The number of aromatic nitrogens is 2. The Morgan fingerprint density at radius 1 is 1.28 bits per heavy atom. The van der Waals surface area contributed by atoms with E-state index >= 15 is 0 Å². The lowest BCUT2D eigenvalue weighted by Gasteiger charge is -2.30. The summed E-state index contributed by atoms with van der Waals surface area (Å²) in [7, 11) is 0. The smallest absolute Gasteiger partial charge is 0.404 e. The number of benzene rings is 1. The predicted molar refractivity (Wildman–Crippen MR) is 91.4 cm³/mol. The molecule has 1 amide bonds. The third-order valence-electron chi connectivity index (χ3n) is 3.87. The van der Waals surface area contributed by atoms with Gasteiger partial charge in [-0.05, 0) is 24.3 Å².